The summed E-state index contributed by atoms with van der Waals surface area (Å²) in [4.78, 5) is 2.50. The fourth-order valence-electron chi connectivity index (χ4n) is 3.87. The Morgan fingerprint density at radius 3 is 3.00 bits per heavy atom. The highest BCUT2D eigenvalue weighted by atomic mass is 32.1. The largest absolute Gasteiger partial charge is 0.387 e. The zero-order valence-electron chi connectivity index (χ0n) is 13.1. The smallest absolute Gasteiger partial charge is 0.203 e. The SMILES string of the molecule is Nc1nnc(CCCNC[C@]2(O)CCCN3CCCC[C@@H]32)s1. The fourth-order valence-corrected chi connectivity index (χ4v) is 4.52. The Bertz CT molecular complexity index is 480. The van der Waals surface area contributed by atoms with E-state index in [1.165, 1.54) is 24.2 Å². The molecule has 2 aliphatic rings. The first-order valence-corrected chi connectivity index (χ1v) is 9.24. The van der Waals surface area contributed by atoms with Crippen LogP contribution in [0, 0.1) is 0 Å². The van der Waals surface area contributed by atoms with Gasteiger partial charge in [-0.25, -0.2) is 0 Å². The van der Waals surface area contributed by atoms with Crippen LogP contribution in [0.1, 0.15) is 43.5 Å². The molecule has 1 aromatic rings. The van der Waals surface area contributed by atoms with Crippen LogP contribution in [0.25, 0.3) is 0 Å². The number of nitrogen functional groups attached to an aromatic ring is 1. The van der Waals surface area contributed by atoms with Crippen LogP contribution in [0.3, 0.4) is 0 Å². The Labute approximate surface area is 136 Å². The Kier molecular flexibility index (Phi) is 5.28. The number of nitrogens with two attached hydrogens (primary N) is 1. The standard InChI is InChI=1S/C15H27N5OS/c16-14-19-18-13(22-14)6-3-8-17-11-15(21)7-4-10-20-9-2-1-5-12(15)20/h12,17,21H,1-11H2,(H2,16,19)/t12-,15-/m1/s1. The van der Waals surface area contributed by atoms with Crippen molar-refractivity contribution in [3.05, 3.63) is 5.01 Å². The van der Waals surface area contributed by atoms with E-state index in [0.29, 0.717) is 17.7 Å². The quantitative estimate of drug-likeness (QED) is 0.677. The van der Waals surface area contributed by atoms with E-state index in [1.807, 2.05) is 0 Å². The molecule has 2 saturated heterocycles. The normalized spacial score (nSPS) is 29.4. The first kappa shape index (κ1) is 16.1. The second-order valence-electron chi connectivity index (χ2n) is 6.57. The Hall–Kier alpha value is -0.760. The van der Waals surface area contributed by atoms with E-state index < -0.39 is 5.60 Å². The number of fused-ring (bicyclic) bond motifs is 1. The third-order valence-corrected chi connectivity index (χ3v) is 5.76. The van der Waals surface area contributed by atoms with Crippen LogP contribution in [-0.2, 0) is 6.42 Å². The van der Waals surface area contributed by atoms with Gasteiger partial charge in [-0.2, -0.15) is 0 Å². The molecule has 2 aliphatic heterocycles. The van der Waals surface area contributed by atoms with Crippen LogP contribution < -0.4 is 11.1 Å². The van der Waals surface area contributed by atoms with Crippen LogP contribution in [0.2, 0.25) is 0 Å². The van der Waals surface area contributed by atoms with Crippen molar-refractivity contribution in [2.45, 2.75) is 56.6 Å². The minimum atomic E-state index is -0.550. The maximum Gasteiger partial charge on any atom is 0.203 e. The monoisotopic (exact) mass is 325 g/mol. The minimum Gasteiger partial charge on any atom is -0.387 e. The van der Waals surface area contributed by atoms with Gasteiger partial charge in [-0.15, -0.1) is 10.2 Å². The summed E-state index contributed by atoms with van der Waals surface area (Å²) in [5, 5.41) is 23.9. The summed E-state index contributed by atoms with van der Waals surface area (Å²) < 4.78 is 0. The topological polar surface area (TPSA) is 87.3 Å². The summed E-state index contributed by atoms with van der Waals surface area (Å²) in [6.45, 7) is 3.91. The number of nitrogens with one attached hydrogen (secondary N) is 1. The molecule has 0 aromatic carbocycles. The first-order chi connectivity index (χ1) is 10.7. The van der Waals surface area contributed by atoms with Crippen molar-refractivity contribution in [3.63, 3.8) is 0 Å². The summed E-state index contributed by atoms with van der Waals surface area (Å²) in [7, 11) is 0. The second-order valence-corrected chi connectivity index (χ2v) is 7.66. The highest BCUT2D eigenvalue weighted by Crippen LogP contribution is 2.33. The molecule has 0 spiro atoms. The van der Waals surface area contributed by atoms with Crippen molar-refractivity contribution < 1.29 is 5.11 Å². The third kappa shape index (κ3) is 3.76. The van der Waals surface area contributed by atoms with E-state index >= 15 is 0 Å². The van der Waals surface area contributed by atoms with Gasteiger partial charge in [0.05, 0.1) is 5.60 Å². The summed E-state index contributed by atoms with van der Waals surface area (Å²) >= 11 is 1.46. The lowest BCUT2D eigenvalue weighted by Crippen LogP contribution is -2.62. The van der Waals surface area contributed by atoms with Crippen LogP contribution in [0.15, 0.2) is 0 Å². The number of aromatic nitrogens is 2. The Morgan fingerprint density at radius 2 is 2.18 bits per heavy atom. The Balaban J connectivity index is 1.41. The first-order valence-electron chi connectivity index (χ1n) is 8.42. The fraction of sp³-hybridized carbons (Fsp3) is 0.867. The van der Waals surface area contributed by atoms with Crippen molar-refractivity contribution in [1.29, 1.82) is 0 Å². The molecule has 1 aromatic heterocycles. The average Bonchev–Trinajstić information content (AvgIpc) is 2.93. The van der Waals surface area contributed by atoms with Gasteiger partial charge in [0.1, 0.15) is 5.01 Å². The van der Waals surface area contributed by atoms with Gasteiger partial charge in [-0.3, -0.25) is 4.90 Å². The highest BCUT2D eigenvalue weighted by Gasteiger charge is 2.43. The average molecular weight is 325 g/mol. The maximum absolute atomic E-state index is 11.0. The molecule has 0 unspecified atom stereocenters. The molecule has 22 heavy (non-hydrogen) atoms. The molecule has 124 valence electrons. The maximum atomic E-state index is 11.0. The van der Waals surface area contributed by atoms with Crippen LogP contribution in [0.4, 0.5) is 5.13 Å². The lowest BCUT2D eigenvalue weighted by atomic mass is 9.79. The van der Waals surface area contributed by atoms with Crippen molar-refractivity contribution in [2.24, 2.45) is 0 Å². The van der Waals surface area contributed by atoms with Gasteiger partial charge in [0.15, 0.2) is 0 Å². The van der Waals surface area contributed by atoms with Crippen molar-refractivity contribution >= 4 is 16.5 Å². The number of anilines is 1. The summed E-state index contributed by atoms with van der Waals surface area (Å²) in [6.07, 6.45) is 7.61. The molecule has 0 bridgehead atoms. The van der Waals surface area contributed by atoms with Gasteiger partial charge in [0.2, 0.25) is 5.13 Å². The van der Waals surface area contributed by atoms with Crippen molar-refractivity contribution in [2.75, 3.05) is 31.9 Å². The second kappa shape index (κ2) is 7.21. The summed E-state index contributed by atoms with van der Waals surface area (Å²) in [5.74, 6) is 0. The summed E-state index contributed by atoms with van der Waals surface area (Å²) in [5.41, 5.74) is 5.03. The van der Waals surface area contributed by atoms with E-state index in [0.717, 1.165) is 56.7 Å². The highest BCUT2D eigenvalue weighted by molar-refractivity contribution is 7.15. The van der Waals surface area contributed by atoms with Gasteiger partial charge < -0.3 is 16.2 Å². The lowest BCUT2D eigenvalue weighted by Gasteiger charge is -2.49. The number of nitrogens with zero attached hydrogens (tertiary/aromatic N) is 3. The molecule has 3 rings (SSSR count). The number of aryl methyl sites for hydroxylation is 1. The van der Waals surface area contributed by atoms with E-state index in [-0.39, 0.29) is 0 Å². The molecule has 0 saturated carbocycles. The molecular weight excluding hydrogens is 298 g/mol. The molecule has 2 fully saturated rings. The third-order valence-electron chi connectivity index (χ3n) is 4.95. The predicted octanol–water partition coefficient (Wildman–Crippen LogP) is 1.02. The number of piperidine rings is 2. The van der Waals surface area contributed by atoms with Crippen LogP contribution in [0.5, 0.6) is 0 Å². The number of hydrogen-bond donors (Lipinski definition) is 3. The van der Waals surface area contributed by atoms with Gasteiger partial charge in [0.25, 0.3) is 0 Å². The molecule has 0 amide bonds. The molecule has 7 heteroatoms. The molecule has 4 N–H and O–H groups in total. The lowest BCUT2D eigenvalue weighted by molar-refractivity contribution is -0.0917. The zero-order valence-corrected chi connectivity index (χ0v) is 13.9. The van der Waals surface area contributed by atoms with E-state index in [1.54, 1.807) is 0 Å². The molecule has 2 atom stereocenters. The number of aliphatic hydroxyl groups is 1. The van der Waals surface area contributed by atoms with Crippen molar-refractivity contribution in [3.8, 4) is 0 Å². The summed E-state index contributed by atoms with van der Waals surface area (Å²) in [6, 6.07) is 0.352. The number of rotatable bonds is 6. The zero-order chi connectivity index (χ0) is 15.4. The van der Waals surface area contributed by atoms with Gasteiger partial charge in [-0.1, -0.05) is 17.8 Å². The molecule has 3 heterocycles. The van der Waals surface area contributed by atoms with E-state index in [4.69, 9.17) is 5.73 Å². The van der Waals surface area contributed by atoms with Gasteiger partial charge in [0, 0.05) is 19.0 Å². The molecule has 0 aliphatic carbocycles. The molecular formula is C15H27N5OS. The van der Waals surface area contributed by atoms with Crippen LogP contribution >= 0.6 is 11.3 Å². The Morgan fingerprint density at radius 1 is 1.32 bits per heavy atom. The van der Waals surface area contributed by atoms with Gasteiger partial charge >= 0.3 is 0 Å². The molecule has 0 radical (unpaired) electrons. The van der Waals surface area contributed by atoms with E-state index in [9.17, 15) is 5.11 Å². The number of hydrogen-bond acceptors (Lipinski definition) is 7. The van der Waals surface area contributed by atoms with Crippen molar-refractivity contribution in [1.82, 2.24) is 20.4 Å². The van der Waals surface area contributed by atoms with Crippen LogP contribution in [-0.4, -0.2) is 58.0 Å². The van der Waals surface area contributed by atoms with Gasteiger partial charge in [-0.05, 0) is 51.7 Å². The van der Waals surface area contributed by atoms with E-state index in [2.05, 4.69) is 20.4 Å². The molecule has 6 nitrogen and oxygen atoms in total. The predicted molar refractivity (Wildman–Crippen MR) is 88.9 cm³/mol. The minimum absolute atomic E-state index is 0.352.